The van der Waals surface area contributed by atoms with Crippen molar-refractivity contribution in [2.75, 3.05) is 26.2 Å². The summed E-state index contributed by atoms with van der Waals surface area (Å²) in [4.78, 5) is 0. The Kier molecular flexibility index (Phi) is 31.9. The predicted octanol–water partition coefficient (Wildman–Crippen LogP) is -2.35. The van der Waals surface area contributed by atoms with Crippen LogP contribution in [-0.4, -0.2) is 78.0 Å². The fourth-order valence-corrected chi connectivity index (χ4v) is 14.5. The zero-order valence-electron chi connectivity index (χ0n) is 34.7. The molecular formula is C36H78Cl2N6O6P2. The van der Waals surface area contributed by atoms with E-state index in [1.807, 2.05) is 0 Å². The lowest BCUT2D eigenvalue weighted by Gasteiger charge is -2.35. The van der Waals surface area contributed by atoms with E-state index in [0.717, 1.165) is 99.3 Å². The predicted molar refractivity (Wildman–Crippen MR) is 210 cm³/mol. The van der Waals surface area contributed by atoms with Crippen LogP contribution in [-0.2, 0) is 35.3 Å². The fraction of sp³-hybridized carbons (Fsp3) is 0.833. The second-order valence-corrected chi connectivity index (χ2v) is 18.5. The van der Waals surface area contributed by atoms with Crippen molar-refractivity contribution in [1.29, 1.82) is 0 Å². The van der Waals surface area contributed by atoms with E-state index in [2.05, 4.69) is 95.7 Å². The summed E-state index contributed by atoms with van der Waals surface area (Å²) in [7, 11) is -6.61. The van der Waals surface area contributed by atoms with Crippen molar-refractivity contribution in [3.63, 3.8) is 0 Å². The van der Waals surface area contributed by atoms with Crippen LogP contribution in [0.1, 0.15) is 134 Å². The summed E-state index contributed by atoms with van der Waals surface area (Å²) in [5, 5.41) is 16.1. The molecule has 12 nitrogen and oxygen atoms in total. The second kappa shape index (κ2) is 28.6. The molecule has 16 heteroatoms. The molecule has 52 heavy (non-hydrogen) atoms. The molecule has 0 atom stereocenters. The van der Waals surface area contributed by atoms with Gasteiger partial charge in [0.25, 0.3) is 14.6 Å². The molecule has 3 rings (SSSR count). The van der Waals surface area contributed by atoms with Gasteiger partial charge >= 0.3 is 0 Å². The number of unbranched alkanes of at least 4 members (excludes halogenated alkanes) is 4. The van der Waals surface area contributed by atoms with Crippen LogP contribution in [0.2, 0.25) is 0 Å². The van der Waals surface area contributed by atoms with Gasteiger partial charge in [-0.2, -0.15) is 0 Å². The number of aromatic nitrogens is 4. The van der Waals surface area contributed by atoms with Gasteiger partial charge in [-0.3, -0.25) is 9.13 Å². The maximum atomic E-state index is 16.2. The van der Waals surface area contributed by atoms with E-state index < -0.39 is 14.6 Å². The summed E-state index contributed by atoms with van der Waals surface area (Å²) in [5.74, 6) is 0. The Morgan fingerprint density at radius 3 is 1.10 bits per heavy atom. The van der Waals surface area contributed by atoms with Crippen molar-refractivity contribution in [3.05, 3.63) is 12.7 Å². The van der Waals surface area contributed by atoms with Crippen LogP contribution in [0.4, 0.5) is 0 Å². The summed E-state index contributed by atoms with van der Waals surface area (Å²) < 4.78 is 45.8. The first-order valence-corrected chi connectivity index (χ1v) is 22.4. The van der Waals surface area contributed by atoms with Crippen molar-refractivity contribution >= 4 is 36.3 Å². The Hall–Kier alpha value is -0.780. The zero-order valence-corrected chi connectivity index (χ0v) is 38.0. The van der Waals surface area contributed by atoms with Gasteiger partial charge in [0.15, 0.2) is 0 Å². The van der Waals surface area contributed by atoms with Crippen LogP contribution in [0.15, 0.2) is 12.7 Å². The molecule has 312 valence electrons. The first-order chi connectivity index (χ1) is 22.8. The molecule has 0 amide bonds. The topological polar surface area (TPSA) is 162 Å². The van der Waals surface area contributed by atoms with Crippen LogP contribution < -0.4 is 55.7 Å². The molecule has 0 radical (unpaired) electrons. The summed E-state index contributed by atoms with van der Waals surface area (Å²) in [6.07, 6.45) is 12.2. The number of aryl methyl sites for hydroxylation is 4. The minimum atomic E-state index is -3.30. The number of halogens is 2. The van der Waals surface area contributed by atoms with Crippen LogP contribution in [0.5, 0.6) is 0 Å². The number of imidazole rings is 2. The van der Waals surface area contributed by atoms with Crippen molar-refractivity contribution in [2.45, 2.75) is 173 Å². The van der Waals surface area contributed by atoms with E-state index >= 15 is 9.13 Å². The molecular weight excluding hydrogens is 745 g/mol. The lowest BCUT2D eigenvalue weighted by Crippen LogP contribution is -3.00. The Morgan fingerprint density at radius 2 is 0.846 bits per heavy atom. The fourth-order valence-electron chi connectivity index (χ4n) is 6.26. The van der Waals surface area contributed by atoms with Gasteiger partial charge < -0.3 is 46.0 Å². The maximum absolute atomic E-state index is 16.2. The van der Waals surface area contributed by atoms with Gasteiger partial charge in [-0.05, 0) is 53.4 Å². The van der Waals surface area contributed by atoms with Gasteiger partial charge in [0.05, 0.1) is 26.2 Å². The third-order valence-electron chi connectivity index (χ3n) is 8.46. The number of hydrogen-bond acceptors (Lipinski definition) is 4. The first-order valence-electron chi connectivity index (χ1n) is 19.1. The summed E-state index contributed by atoms with van der Waals surface area (Å²) in [6, 6.07) is 0. The average Bonchev–Trinajstić information content (AvgIpc) is 3.60. The molecule has 3 heterocycles. The molecule has 0 aliphatic carbocycles. The molecule has 1 aliphatic rings. The standard InChI is InChI=1S/C30H58N6O2P2.2C3H8O.2ClH.2H2O/c1-9-17-21-31-25-32(22-18-10-2)28-27(31)39(37,35(13-5)14-6)29-30(40(28,38)36(15-7)16-8)34(24-20-12-4)26-33(29)23-19-11-3;2*1-3(2)4;;;;/h25-26H,9-24H2,1-8H3;2*3-4H,1-2H3;2*1H;2*1H2/q+2;;;;;;/p-2. The minimum Gasteiger partial charge on any atom is -1.00 e. The van der Waals surface area contributed by atoms with E-state index in [4.69, 9.17) is 10.2 Å². The van der Waals surface area contributed by atoms with Crippen LogP contribution in [0.25, 0.3) is 0 Å². The molecule has 0 unspecified atom stereocenters. The molecule has 2 aromatic heterocycles. The first kappa shape index (κ1) is 57.9. The van der Waals surface area contributed by atoms with Crippen LogP contribution in [0, 0.1) is 0 Å². The molecule has 2 aromatic rings. The molecule has 0 fully saturated rings. The van der Waals surface area contributed by atoms with Crippen molar-refractivity contribution < 1.29 is 64.2 Å². The third kappa shape index (κ3) is 13.8. The van der Waals surface area contributed by atoms with Gasteiger partial charge in [-0.15, -0.1) is 0 Å². The summed E-state index contributed by atoms with van der Waals surface area (Å²) in [5.41, 5.74) is 3.34. The highest BCUT2D eigenvalue weighted by Gasteiger charge is 2.64. The van der Waals surface area contributed by atoms with Crippen molar-refractivity contribution in [1.82, 2.24) is 18.5 Å². The van der Waals surface area contributed by atoms with Gasteiger partial charge in [0.2, 0.25) is 34.4 Å². The zero-order chi connectivity index (χ0) is 36.7. The number of aliphatic hydroxyl groups is 2. The van der Waals surface area contributed by atoms with Gasteiger partial charge in [0.1, 0.15) is 0 Å². The molecule has 6 N–H and O–H groups in total. The number of aliphatic hydroxyl groups excluding tert-OH is 2. The molecule has 0 spiro atoms. The molecule has 0 bridgehead atoms. The highest BCUT2D eigenvalue weighted by Crippen LogP contribution is 2.57. The summed E-state index contributed by atoms with van der Waals surface area (Å²) >= 11 is 0. The minimum absolute atomic E-state index is 0. The maximum Gasteiger partial charge on any atom is 0.292 e. The van der Waals surface area contributed by atoms with Gasteiger partial charge in [-0.1, -0.05) is 81.1 Å². The SMILES string of the molecule is CC(C)O.CC(C)O.CCCCn1c[n+](CCCC)c2c1P(=O)(N(CC)CC)c1c([n+](CCCC)cn1CCCC)P2(=O)N(CC)CC.O.O.[Cl-].[Cl-]. The van der Waals surface area contributed by atoms with E-state index in [1.165, 1.54) is 0 Å². The highest BCUT2D eigenvalue weighted by molar-refractivity contribution is 7.86. The van der Waals surface area contributed by atoms with E-state index in [0.29, 0.717) is 26.2 Å². The number of nitrogens with zero attached hydrogens (tertiary/aromatic N) is 6. The van der Waals surface area contributed by atoms with Crippen LogP contribution in [0.3, 0.4) is 0 Å². The van der Waals surface area contributed by atoms with Crippen molar-refractivity contribution in [2.24, 2.45) is 0 Å². The summed E-state index contributed by atoms with van der Waals surface area (Å²) in [6.45, 7) is 30.1. The molecule has 0 saturated heterocycles. The Labute approximate surface area is 329 Å². The van der Waals surface area contributed by atoms with Gasteiger partial charge in [0, 0.05) is 38.4 Å². The number of hydrogen-bond donors (Lipinski definition) is 2. The van der Waals surface area contributed by atoms with E-state index in [1.54, 1.807) is 27.7 Å². The van der Waals surface area contributed by atoms with Crippen LogP contribution >= 0.6 is 14.6 Å². The molecule has 1 aliphatic heterocycles. The smallest absolute Gasteiger partial charge is 0.292 e. The van der Waals surface area contributed by atoms with Gasteiger partial charge in [-0.25, -0.2) is 27.6 Å². The third-order valence-corrected chi connectivity index (χ3v) is 15.7. The van der Waals surface area contributed by atoms with E-state index in [-0.39, 0.29) is 48.0 Å². The second-order valence-electron chi connectivity index (χ2n) is 13.3. The number of fused-ring (bicyclic) bond motifs is 2. The lowest BCUT2D eigenvalue weighted by atomic mass is 10.3. The quantitative estimate of drug-likeness (QED) is 0.127. The lowest BCUT2D eigenvalue weighted by molar-refractivity contribution is -0.684. The molecule has 0 aromatic carbocycles. The largest absolute Gasteiger partial charge is 1.00 e. The monoisotopic (exact) mass is 822 g/mol. The number of rotatable bonds is 18. The van der Waals surface area contributed by atoms with Crippen molar-refractivity contribution in [3.8, 4) is 0 Å². The Balaban J connectivity index is -0.000000870. The Morgan fingerprint density at radius 1 is 0.577 bits per heavy atom. The highest BCUT2D eigenvalue weighted by atomic mass is 35.5. The van der Waals surface area contributed by atoms with E-state index in [9.17, 15) is 0 Å². The Bertz CT molecular complexity index is 1140. The molecule has 0 saturated carbocycles. The normalized spacial score (nSPS) is 17.1. The average molecular weight is 824 g/mol.